The van der Waals surface area contributed by atoms with Crippen molar-refractivity contribution < 1.29 is 13.2 Å². The molecule has 1 aromatic carbocycles. The quantitative estimate of drug-likeness (QED) is 0.673. The number of pyridine rings is 1. The summed E-state index contributed by atoms with van der Waals surface area (Å²) in [6, 6.07) is 2.35. The second-order valence-corrected chi connectivity index (χ2v) is 4.08. The van der Waals surface area contributed by atoms with E-state index in [1.54, 1.807) is 0 Å². The van der Waals surface area contributed by atoms with E-state index in [2.05, 4.69) is 4.98 Å². The molecule has 2 aromatic rings. The lowest BCUT2D eigenvalue weighted by atomic mass is 10.0. The highest BCUT2D eigenvalue weighted by Crippen LogP contribution is 2.25. The van der Waals surface area contributed by atoms with Crippen molar-refractivity contribution in [1.29, 1.82) is 0 Å². The fraction of sp³-hybridized carbons (Fsp3) is 0.308. The Morgan fingerprint density at radius 2 is 1.83 bits per heavy atom. The summed E-state index contributed by atoms with van der Waals surface area (Å²) in [5.41, 5.74) is 5.95. The van der Waals surface area contributed by atoms with E-state index in [1.807, 2.05) is 0 Å². The molecule has 96 valence electrons. The first-order valence-electron chi connectivity index (χ1n) is 5.76. The van der Waals surface area contributed by atoms with Crippen LogP contribution in [0.4, 0.5) is 13.2 Å². The summed E-state index contributed by atoms with van der Waals surface area (Å²) in [6.07, 6.45) is 3.56. The Kier molecular flexibility index (Phi) is 3.81. The Hall–Kier alpha value is -1.62. The second-order valence-electron chi connectivity index (χ2n) is 4.08. The van der Waals surface area contributed by atoms with Gasteiger partial charge in [-0.25, -0.2) is 13.2 Å². The zero-order valence-electron chi connectivity index (χ0n) is 9.72. The van der Waals surface area contributed by atoms with Crippen LogP contribution >= 0.6 is 0 Å². The average molecular weight is 254 g/mol. The maximum Gasteiger partial charge on any atom is 0.195 e. The lowest BCUT2D eigenvalue weighted by Gasteiger charge is -2.07. The molecule has 0 aliphatic rings. The van der Waals surface area contributed by atoms with Crippen LogP contribution < -0.4 is 5.73 Å². The molecule has 5 heteroatoms. The van der Waals surface area contributed by atoms with Crippen LogP contribution in [0.2, 0.25) is 0 Å². The summed E-state index contributed by atoms with van der Waals surface area (Å²) in [5, 5.41) is 0.387. The molecule has 0 unspecified atom stereocenters. The maximum atomic E-state index is 13.6. The highest BCUT2D eigenvalue weighted by Gasteiger charge is 2.15. The lowest BCUT2D eigenvalue weighted by molar-refractivity contribution is 0.453. The first kappa shape index (κ1) is 12.8. The van der Waals surface area contributed by atoms with E-state index in [4.69, 9.17) is 5.73 Å². The molecule has 2 nitrogen and oxygen atoms in total. The number of nitrogens with two attached hydrogens (primary N) is 1. The fourth-order valence-electron chi connectivity index (χ4n) is 1.92. The SMILES string of the molecule is NCCCCc1nccc2c(F)c(F)c(F)cc12. The van der Waals surface area contributed by atoms with Gasteiger partial charge < -0.3 is 5.73 Å². The minimum atomic E-state index is -1.44. The zero-order valence-corrected chi connectivity index (χ0v) is 9.72. The predicted molar refractivity (Wildman–Crippen MR) is 63.6 cm³/mol. The number of aromatic nitrogens is 1. The van der Waals surface area contributed by atoms with Crippen LogP contribution in [0, 0.1) is 17.5 Å². The second kappa shape index (κ2) is 5.35. The monoisotopic (exact) mass is 254 g/mol. The predicted octanol–water partition coefficient (Wildman–Crippen LogP) is 2.93. The van der Waals surface area contributed by atoms with E-state index < -0.39 is 17.5 Å². The van der Waals surface area contributed by atoms with Gasteiger partial charge in [-0.2, -0.15) is 0 Å². The van der Waals surface area contributed by atoms with Crippen molar-refractivity contribution in [1.82, 2.24) is 4.98 Å². The summed E-state index contributed by atoms with van der Waals surface area (Å²) in [5.74, 6) is -3.79. The number of hydrogen-bond donors (Lipinski definition) is 1. The number of aryl methyl sites for hydroxylation is 1. The van der Waals surface area contributed by atoms with Gasteiger partial charge in [0.2, 0.25) is 0 Å². The van der Waals surface area contributed by atoms with E-state index in [9.17, 15) is 13.2 Å². The van der Waals surface area contributed by atoms with E-state index in [1.165, 1.54) is 12.3 Å². The topological polar surface area (TPSA) is 38.9 Å². The maximum absolute atomic E-state index is 13.6. The molecule has 0 atom stereocenters. The van der Waals surface area contributed by atoms with Crippen LogP contribution in [-0.4, -0.2) is 11.5 Å². The molecule has 0 aliphatic carbocycles. The van der Waals surface area contributed by atoms with Crippen molar-refractivity contribution in [2.75, 3.05) is 6.54 Å². The molecule has 1 heterocycles. The Morgan fingerprint density at radius 3 is 2.56 bits per heavy atom. The molecule has 0 saturated carbocycles. The Bertz CT molecular complexity index is 570. The van der Waals surface area contributed by atoms with Crippen LogP contribution in [-0.2, 0) is 6.42 Å². The van der Waals surface area contributed by atoms with Gasteiger partial charge in [0.15, 0.2) is 17.5 Å². The Labute approximate surface area is 103 Å². The van der Waals surface area contributed by atoms with Crippen molar-refractivity contribution in [3.05, 3.63) is 41.5 Å². The van der Waals surface area contributed by atoms with Gasteiger partial charge in [0.1, 0.15) is 0 Å². The summed E-state index contributed by atoms with van der Waals surface area (Å²) in [4.78, 5) is 4.09. The van der Waals surface area contributed by atoms with Gasteiger partial charge in [0.05, 0.1) is 0 Å². The number of unbranched alkanes of at least 4 members (excludes halogenated alkanes) is 1. The van der Waals surface area contributed by atoms with Gasteiger partial charge in [0, 0.05) is 22.7 Å². The molecule has 2 N–H and O–H groups in total. The van der Waals surface area contributed by atoms with Crippen LogP contribution in [0.1, 0.15) is 18.5 Å². The standard InChI is InChI=1S/C13H13F3N2/c14-10-7-9-8(12(15)13(10)16)4-6-18-11(9)3-1-2-5-17/h4,6-7H,1-3,5,17H2. The highest BCUT2D eigenvalue weighted by atomic mass is 19.2. The van der Waals surface area contributed by atoms with Crippen molar-refractivity contribution in [3.8, 4) is 0 Å². The Balaban J connectivity index is 2.49. The largest absolute Gasteiger partial charge is 0.330 e. The van der Waals surface area contributed by atoms with E-state index in [0.717, 1.165) is 18.9 Å². The molecular weight excluding hydrogens is 241 g/mol. The van der Waals surface area contributed by atoms with Crippen LogP contribution in [0.25, 0.3) is 10.8 Å². The molecule has 2 rings (SSSR count). The third-order valence-electron chi connectivity index (χ3n) is 2.85. The number of halogens is 3. The van der Waals surface area contributed by atoms with Crippen molar-refractivity contribution in [2.45, 2.75) is 19.3 Å². The molecule has 0 spiro atoms. The molecule has 0 fully saturated rings. The third kappa shape index (κ3) is 2.31. The molecule has 0 bridgehead atoms. The lowest BCUT2D eigenvalue weighted by Crippen LogP contribution is -2.01. The number of rotatable bonds is 4. The molecule has 1 aromatic heterocycles. The molecule has 0 radical (unpaired) electrons. The summed E-state index contributed by atoms with van der Waals surface area (Å²) in [7, 11) is 0. The minimum absolute atomic E-state index is 0.0617. The van der Waals surface area contributed by atoms with E-state index in [0.29, 0.717) is 24.0 Å². The van der Waals surface area contributed by atoms with Gasteiger partial charge in [-0.15, -0.1) is 0 Å². The zero-order chi connectivity index (χ0) is 13.1. The number of fused-ring (bicyclic) bond motifs is 1. The number of benzene rings is 1. The van der Waals surface area contributed by atoms with Gasteiger partial charge in [-0.1, -0.05) is 0 Å². The molecular formula is C13H13F3N2. The van der Waals surface area contributed by atoms with Crippen molar-refractivity contribution in [2.24, 2.45) is 5.73 Å². The first-order chi connectivity index (χ1) is 8.65. The molecule has 0 amide bonds. The first-order valence-corrected chi connectivity index (χ1v) is 5.76. The normalized spacial score (nSPS) is 11.1. The van der Waals surface area contributed by atoms with E-state index >= 15 is 0 Å². The molecule has 18 heavy (non-hydrogen) atoms. The fourth-order valence-corrected chi connectivity index (χ4v) is 1.92. The summed E-state index contributed by atoms with van der Waals surface area (Å²) in [6.45, 7) is 0.558. The van der Waals surface area contributed by atoms with Crippen LogP contribution in [0.5, 0.6) is 0 Å². The van der Waals surface area contributed by atoms with Crippen molar-refractivity contribution in [3.63, 3.8) is 0 Å². The molecule has 0 saturated heterocycles. The number of hydrogen-bond acceptors (Lipinski definition) is 2. The van der Waals surface area contributed by atoms with Gasteiger partial charge >= 0.3 is 0 Å². The molecule has 0 aliphatic heterocycles. The van der Waals surface area contributed by atoms with Crippen LogP contribution in [0.15, 0.2) is 18.3 Å². The average Bonchev–Trinajstić information content (AvgIpc) is 2.37. The smallest absolute Gasteiger partial charge is 0.195 e. The minimum Gasteiger partial charge on any atom is -0.330 e. The summed E-state index contributed by atoms with van der Waals surface area (Å²) < 4.78 is 39.9. The Morgan fingerprint density at radius 1 is 1.06 bits per heavy atom. The highest BCUT2D eigenvalue weighted by molar-refractivity contribution is 5.85. The summed E-state index contributed by atoms with van der Waals surface area (Å²) >= 11 is 0. The van der Waals surface area contributed by atoms with Gasteiger partial charge in [0.25, 0.3) is 0 Å². The van der Waals surface area contributed by atoms with Crippen LogP contribution in [0.3, 0.4) is 0 Å². The van der Waals surface area contributed by atoms with Gasteiger partial charge in [-0.3, -0.25) is 4.98 Å². The number of nitrogens with zero attached hydrogens (tertiary/aromatic N) is 1. The van der Waals surface area contributed by atoms with Gasteiger partial charge in [-0.05, 0) is 37.9 Å². The van der Waals surface area contributed by atoms with E-state index in [-0.39, 0.29) is 5.39 Å². The third-order valence-corrected chi connectivity index (χ3v) is 2.85. The van der Waals surface area contributed by atoms with Crippen molar-refractivity contribution >= 4 is 10.8 Å².